The second-order valence-corrected chi connectivity index (χ2v) is 6.80. The number of hydrogen-bond acceptors (Lipinski definition) is 8. The normalized spacial score (nSPS) is 33.3. The Morgan fingerprint density at radius 2 is 2.30 bits per heavy atom. The van der Waals surface area contributed by atoms with Gasteiger partial charge < -0.3 is 30.1 Å². The second-order valence-electron chi connectivity index (χ2n) is 5.56. The molecule has 1 aromatic heterocycles. The average molecular weight is 349 g/mol. The number of phosphoric acid groups is 1. The van der Waals surface area contributed by atoms with Gasteiger partial charge in [0.15, 0.2) is 6.23 Å². The van der Waals surface area contributed by atoms with E-state index in [9.17, 15) is 14.5 Å². The van der Waals surface area contributed by atoms with Crippen LogP contribution in [0.15, 0.2) is 11.0 Å². The van der Waals surface area contributed by atoms with Crippen LogP contribution in [-0.2, 0) is 18.6 Å². The van der Waals surface area contributed by atoms with E-state index in [2.05, 4.69) is 9.51 Å². The molecule has 0 saturated carbocycles. The molecule has 0 amide bonds. The summed E-state index contributed by atoms with van der Waals surface area (Å²) in [5, 5.41) is 10.3. The smallest absolute Gasteiger partial charge is 0.387 e. The maximum absolute atomic E-state index is 12.0. The maximum Gasteiger partial charge on any atom is 0.469 e. The topological polar surface area (TPSA) is 166 Å². The fourth-order valence-electron chi connectivity index (χ4n) is 2.69. The lowest BCUT2D eigenvalue weighted by molar-refractivity contribution is -0.186. The predicted molar refractivity (Wildman–Crippen MR) is 74.2 cm³/mol. The van der Waals surface area contributed by atoms with E-state index < -0.39 is 44.2 Å². The predicted octanol–water partition coefficient (Wildman–Crippen LogP) is -1.73. The summed E-state index contributed by atoms with van der Waals surface area (Å²) >= 11 is 0. The molecule has 1 aromatic rings. The molecule has 3 rings (SSSR count). The molecule has 2 fully saturated rings. The number of hydrogen-bond donors (Lipinski definition) is 4. The van der Waals surface area contributed by atoms with Crippen LogP contribution in [0.2, 0.25) is 0 Å². The van der Waals surface area contributed by atoms with Gasteiger partial charge >= 0.3 is 13.5 Å². The first-order valence-electron chi connectivity index (χ1n) is 6.66. The Hall–Kier alpha value is -1.33. The van der Waals surface area contributed by atoms with Gasteiger partial charge in [-0.1, -0.05) is 0 Å². The van der Waals surface area contributed by atoms with Crippen molar-refractivity contribution in [1.29, 1.82) is 0 Å². The molecule has 2 aliphatic heterocycles. The van der Waals surface area contributed by atoms with Crippen LogP contribution >= 0.6 is 7.82 Å². The maximum atomic E-state index is 12.0. The molecule has 128 valence electrons. The van der Waals surface area contributed by atoms with Crippen molar-refractivity contribution >= 4 is 13.6 Å². The summed E-state index contributed by atoms with van der Waals surface area (Å²) in [5.41, 5.74) is 3.94. The van der Waals surface area contributed by atoms with Gasteiger partial charge in [-0.25, -0.2) is 9.36 Å². The van der Waals surface area contributed by atoms with Crippen LogP contribution in [0.25, 0.3) is 0 Å². The SMILES string of the molecule is Cc1cn([C@@H]2O[C@@]3(COP(=O)(O)O)CO[C@@H]2[C@@H]3O)c(=O)nc1N. The van der Waals surface area contributed by atoms with E-state index in [1.54, 1.807) is 6.92 Å². The Kier molecular flexibility index (Phi) is 3.84. The molecule has 4 atom stereocenters. The van der Waals surface area contributed by atoms with E-state index in [-0.39, 0.29) is 12.4 Å². The van der Waals surface area contributed by atoms with Gasteiger partial charge in [0.05, 0.1) is 13.2 Å². The van der Waals surface area contributed by atoms with Gasteiger partial charge in [-0.2, -0.15) is 4.98 Å². The summed E-state index contributed by atoms with van der Waals surface area (Å²) in [4.78, 5) is 33.3. The van der Waals surface area contributed by atoms with E-state index in [1.165, 1.54) is 6.20 Å². The van der Waals surface area contributed by atoms with Crippen LogP contribution in [-0.4, -0.2) is 55.5 Å². The first-order valence-corrected chi connectivity index (χ1v) is 8.19. The Labute approximate surface area is 129 Å². The minimum atomic E-state index is -4.74. The number of ether oxygens (including phenoxy) is 2. The highest BCUT2D eigenvalue weighted by Gasteiger charge is 2.62. The molecule has 0 spiro atoms. The van der Waals surface area contributed by atoms with Crippen molar-refractivity contribution in [2.45, 2.75) is 31.0 Å². The highest BCUT2D eigenvalue weighted by Crippen LogP contribution is 2.47. The second kappa shape index (κ2) is 5.35. The van der Waals surface area contributed by atoms with Crippen LogP contribution in [0.1, 0.15) is 11.8 Å². The highest BCUT2D eigenvalue weighted by molar-refractivity contribution is 7.46. The van der Waals surface area contributed by atoms with Gasteiger partial charge in [-0.3, -0.25) is 9.09 Å². The Balaban J connectivity index is 1.89. The molecular weight excluding hydrogens is 333 g/mol. The fraction of sp³-hybridized carbons (Fsp3) is 0.636. The number of aryl methyl sites for hydroxylation is 1. The first-order chi connectivity index (χ1) is 10.6. The van der Waals surface area contributed by atoms with E-state index in [4.69, 9.17) is 25.0 Å². The Bertz CT molecular complexity index is 732. The quantitative estimate of drug-likeness (QED) is 0.459. The molecule has 2 saturated heterocycles. The fourth-order valence-corrected chi connectivity index (χ4v) is 3.08. The monoisotopic (exact) mass is 349 g/mol. The van der Waals surface area contributed by atoms with Crippen LogP contribution in [0.4, 0.5) is 5.82 Å². The molecule has 0 unspecified atom stereocenters. The van der Waals surface area contributed by atoms with Gasteiger partial charge in [0.1, 0.15) is 23.6 Å². The number of nitrogens with zero attached hydrogens (tertiary/aromatic N) is 2. The zero-order chi connectivity index (χ0) is 17.0. The molecule has 2 bridgehead atoms. The van der Waals surface area contributed by atoms with Crippen LogP contribution in [0, 0.1) is 6.92 Å². The molecule has 11 nitrogen and oxygen atoms in total. The lowest BCUT2D eigenvalue weighted by atomic mass is 10.0. The Morgan fingerprint density at radius 1 is 1.61 bits per heavy atom. The van der Waals surface area contributed by atoms with E-state index in [0.29, 0.717) is 5.56 Å². The molecule has 23 heavy (non-hydrogen) atoms. The van der Waals surface area contributed by atoms with E-state index >= 15 is 0 Å². The number of aromatic nitrogens is 2. The van der Waals surface area contributed by atoms with Gasteiger partial charge in [0.2, 0.25) is 0 Å². The van der Waals surface area contributed by atoms with Gasteiger partial charge in [-0.15, -0.1) is 0 Å². The lowest BCUT2D eigenvalue weighted by Gasteiger charge is -2.30. The number of nitrogen functional groups attached to an aromatic ring is 1. The molecule has 0 aliphatic carbocycles. The van der Waals surface area contributed by atoms with Crippen LogP contribution in [0.3, 0.4) is 0 Å². The van der Waals surface area contributed by atoms with Gasteiger partial charge in [0, 0.05) is 11.8 Å². The molecule has 12 heteroatoms. The third kappa shape index (κ3) is 2.81. The van der Waals surface area contributed by atoms with E-state index in [1.807, 2.05) is 0 Å². The number of fused-ring (bicyclic) bond motifs is 2. The number of anilines is 1. The highest BCUT2D eigenvalue weighted by atomic mass is 31.2. The van der Waals surface area contributed by atoms with Crippen molar-refractivity contribution in [2.75, 3.05) is 18.9 Å². The van der Waals surface area contributed by atoms with Crippen molar-refractivity contribution < 1.29 is 33.5 Å². The average Bonchev–Trinajstić information content (AvgIpc) is 2.91. The summed E-state index contributed by atoms with van der Waals surface area (Å²) in [5.74, 6) is 0.0791. The van der Waals surface area contributed by atoms with Crippen molar-refractivity contribution in [3.05, 3.63) is 22.2 Å². The molecule has 3 heterocycles. The molecule has 0 radical (unpaired) electrons. The van der Waals surface area contributed by atoms with E-state index in [0.717, 1.165) is 4.57 Å². The van der Waals surface area contributed by atoms with Crippen molar-refractivity contribution in [1.82, 2.24) is 9.55 Å². The van der Waals surface area contributed by atoms with Crippen molar-refractivity contribution in [3.8, 4) is 0 Å². The zero-order valence-corrected chi connectivity index (χ0v) is 12.9. The minimum Gasteiger partial charge on any atom is -0.387 e. The third-order valence-electron chi connectivity index (χ3n) is 3.93. The standard InChI is InChI=1S/C11H16N3O8P/c1-5-2-14(10(16)13-8(5)12)9-6-7(15)11(22-9,3-20-6)4-21-23(17,18)19/h2,6-7,9,15H,3-4H2,1H3,(H2,12,13,16)(H2,17,18,19)/t6-,7+,9-,11-/m1/s1. The molecule has 2 aliphatic rings. The van der Waals surface area contributed by atoms with Crippen LogP contribution in [0.5, 0.6) is 0 Å². The number of aliphatic hydroxyl groups excluding tert-OH is 1. The first kappa shape index (κ1) is 16.5. The summed E-state index contributed by atoms with van der Waals surface area (Å²) in [6.07, 6.45) is -1.69. The van der Waals surface area contributed by atoms with Crippen molar-refractivity contribution in [3.63, 3.8) is 0 Å². The zero-order valence-electron chi connectivity index (χ0n) is 12.0. The largest absolute Gasteiger partial charge is 0.469 e. The molecule has 5 N–H and O–H groups in total. The summed E-state index contributed by atoms with van der Waals surface area (Å²) in [6.45, 7) is 0.947. The summed E-state index contributed by atoms with van der Waals surface area (Å²) < 4.78 is 27.5. The number of rotatable bonds is 4. The van der Waals surface area contributed by atoms with Gasteiger partial charge in [-0.05, 0) is 6.92 Å². The Morgan fingerprint density at radius 3 is 2.96 bits per heavy atom. The summed E-state index contributed by atoms with van der Waals surface area (Å²) in [6, 6.07) is 0. The van der Waals surface area contributed by atoms with Crippen molar-refractivity contribution in [2.24, 2.45) is 0 Å². The molecular formula is C11H16N3O8P. The minimum absolute atomic E-state index is 0.0791. The van der Waals surface area contributed by atoms with Gasteiger partial charge in [0.25, 0.3) is 0 Å². The lowest BCUT2D eigenvalue weighted by Crippen LogP contribution is -2.45. The van der Waals surface area contributed by atoms with Crippen LogP contribution < -0.4 is 11.4 Å². The number of phosphoric ester groups is 1. The number of aliphatic hydroxyl groups is 1. The number of nitrogens with two attached hydrogens (primary N) is 1. The third-order valence-corrected chi connectivity index (χ3v) is 4.40. The summed E-state index contributed by atoms with van der Waals surface area (Å²) in [7, 11) is -4.74. The molecule has 0 aromatic carbocycles.